The molecule has 1 aromatic carbocycles. The van der Waals surface area contributed by atoms with Crippen LogP contribution in [0.15, 0.2) is 63.0 Å². The Bertz CT molecular complexity index is 960. The number of carbonyl (C=O) groups excluding carboxylic acids is 1. The maximum absolute atomic E-state index is 11.8. The Balaban J connectivity index is 2.38. The van der Waals surface area contributed by atoms with Crippen molar-refractivity contribution in [3.8, 4) is 0 Å². The second kappa shape index (κ2) is 11.6. The average molecular weight is 427 g/mol. The minimum Gasteiger partial charge on any atom is -0.338 e. The molecule has 0 unspecified atom stereocenters. The first-order chi connectivity index (χ1) is 14.4. The van der Waals surface area contributed by atoms with Crippen LogP contribution in [-0.4, -0.2) is 24.2 Å². The summed E-state index contributed by atoms with van der Waals surface area (Å²) >= 11 is 1.70. The standard InChI is InChI=1S/C24H34N4OS/c1-7-18(5)23(17(3)4)28-16-20(13-14-22(28)25-6)30-21-12-10-9-11-19(21)15-27-24(29)26-8-2/h9-14,16-17H,7-8,15H2,1-6H3,(H2,26,27,29)/b23-18-,25-22?. The van der Waals surface area contributed by atoms with Gasteiger partial charge in [-0.2, -0.15) is 0 Å². The molecule has 0 saturated carbocycles. The van der Waals surface area contributed by atoms with Crippen LogP contribution in [0.1, 0.15) is 46.6 Å². The summed E-state index contributed by atoms with van der Waals surface area (Å²) in [5.41, 5.74) is 4.70. The summed E-state index contributed by atoms with van der Waals surface area (Å²) in [5, 5.41) is 5.69. The molecule has 6 heteroatoms. The molecule has 2 aromatic rings. The lowest BCUT2D eigenvalue weighted by atomic mass is 10.0. The van der Waals surface area contributed by atoms with Gasteiger partial charge in [0.25, 0.3) is 0 Å². The largest absolute Gasteiger partial charge is 0.338 e. The highest BCUT2D eigenvalue weighted by molar-refractivity contribution is 7.99. The van der Waals surface area contributed by atoms with Gasteiger partial charge in [0.2, 0.25) is 0 Å². The van der Waals surface area contributed by atoms with E-state index in [-0.39, 0.29) is 6.03 Å². The first-order valence-corrected chi connectivity index (χ1v) is 11.4. The number of nitrogens with zero attached hydrogens (tertiary/aromatic N) is 2. The quantitative estimate of drug-likeness (QED) is 0.603. The van der Waals surface area contributed by atoms with Crippen molar-refractivity contribution in [3.63, 3.8) is 0 Å². The number of pyridine rings is 1. The zero-order chi connectivity index (χ0) is 22.1. The summed E-state index contributed by atoms with van der Waals surface area (Å²) in [6.45, 7) is 11.8. The highest BCUT2D eigenvalue weighted by atomic mass is 32.2. The highest BCUT2D eigenvalue weighted by Gasteiger charge is 2.12. The van der Waals surface area contributed by atoms with Crippen molar-refractivity contribution in [2.24, 2.45) is 10.9 Å². The van der Waals surface area contributed by atoms with Gasteiger partial charge in [0.15, 0.2) is 0 Å². The third-order valence-corrected chi connectivity index (χ3v) is 5.98. The summed E-state index contributed by atoms with van der Waals surface area (Å²) in [5.74, 6) is 0.393. The van der Waals surface area contributed by atoms with Gasteiger partial charge in [-0.15, -0.1) is 0 Å². The van der Waals surface area contributed by atoms with Crippen molar-refractivity contribution in [1.29, 1.82) is 0 Å². The number of urea groups is 1. The molecule has 0 aliphatic rings. The number of carbonyl (C=O) groups is 1. The molecule has 2 rings (SSSR count). The van der Waals surface area contributed by atoms with E-state index < -0.39 is 0 Å². The van der Waals surface area contributed by atoms with E-state index in [0.29, 0.717) is 19.0 Å². The molecule has 0 aliphatic heterocycles. The van der Waals surface area contributed by atoms with Crippen LogP contribution >= 0.6 is 11.8 Å². The van der Waals surface area contributed by atoms with Gasteiger partial charge in [-0.3, -0.25) is 4.99 Å². The van der Waals surface area contributed by atoms with Crippen molar-refractivity contribution in [2.75, 3.05) is 13.6 Å². The molecular weight excluding hydrogens is 392 g/mol. The summed E-state index contributed by atoms with van der Waals surface area (Å²) < 4.78 is 2.22. The average Bonchev–Trinajstić information content (AvgIpc) is 2.73. The smallest absolute Gasteiger partial charge is 0.315 e. The molecule has 30 heavy (non-hydrogen) atoms. The van der Waals surface area contributed by atoms with Crippen molar-refractivity contribution < 1.29 is 4.79 Å². The first kappa shape index (κ1) is 23.8. The lowest BCUT2D eigenvalue weighted by Gasteiger charge is -2.20. The summed E-state index contributed by atoms with van der Waals surface area (Å²) in [4.78, 5) is 18.5. The Labute approximate surface area is 184 Å². The molecule has 2 amide bonds. The summed E-state index contributed by atoms with van der Waals surface area (Å²) in [6.07, 6.45) is 3.19. The van der Waals surface area contributed by atoms with E-state index in [2.05, 4.69) is 78.4 Å². The van der Waals surface area contributed by atoms with E-state index in [9.17, 15) is 4.79 Å². The van der Waals surface area contributed by atoms with Gasteiger partial charge in [0, 0.05) is 41.8 Å². The zero-order valence-electron chi connectivity index (χ0n) is 19.0. The van der Waals surface area contributed by atoms with Crippen LogP contribution in [0.4, 0.5) is 4.79 Å². The summed E-state index contributed by atoms with van der Waals surface area (Å²) in [7, 11) is 1.83. The molecule has 5 nitrogen and oxygen atoms in total. The number of aromatic nitrogens is 1. The fourth-order valence-electron chi connectivity index (χ4n) is 3.34. The second-order valence-corrected chi connectivity index (χ2v) is 8.53. The number of hydrogen-bond acceptors (Lipinski definition) is 3. The van der Waals surface area contributed by atoms with Crippen LogP contribution < -0.4 is 16.1 Å². The maximum atomic E-state index is 11.8. The Hall–Kier alpha value is -2.47. The molecule has 0 atom stereocenters. The van der Waals surface area contributed by atoms with E-state index in [0.717, 1.165) is 27.3 Å². The van der Waals surface area contributed by atoms with Gasteiger partial charge in [0.05, 0.1) is 0 Å². The van der Waals surface area contributed by atoms with Crippen molar-refractivity contribution in [3.05, 3.63) is 59.2 Å². The predicted octanol–water partition coefficient (Wildman–Crippen LogP) is 5.29. The lowest BCUT2D eigenvalue weighted by Crippen LogP contribution is -2.34. The van der Waals surface area contributed by atoms with E-state index in [1.807, 2.05) is 26.1 Å². The molecule has 1 heterocycles. The van der Waals surface area contributed by atoms with Gasteiger partial charge >= 0.3 is 6.03 Å². The Morgan fingerprint density at radius 2 is 1.87 bits per heavy atom. The van der Waals surface area contributed by atoms with E-state index in [4.69, 9.17) is 0 Å². The Kier molecular flexibility index (Phi) is 9.24. The van der Waals surface area contributed by atoms with Gasteiger partial charge < -0.3 is 15.2 Å². The zero-order valence-corrected chi connectivity index (χ0v) is 19.8. The number of benzene rings is 1. The van der Waals surface area contributed by atoms with Crippen LogP contribution in [-0.2, 0) is 6.54 Å². The molecular formula is C24H34N4OS. The number of amides is 2. The molecule has 1 aromatic heterocycles. The highest BCUT2D eigenvalue weighted by Crippen LogP contribution is 2.31. The van der Waals surface area contributed by atoms with Gasteiger partial charge in [-0.1, -0.05) is 56.3 Å². The van der Waals surface area contributed by atoms with E-state index in [1.165, 1.54) is 11.3 Å². The van der Waals surface area contributed by atoms with Crippen LogP contribution in [0.3, 0.4) is 0 Å². The topological polar surface area (TPSA) is 58.4 Å². The van der Waals surface area contributed by atoms with Crippen LogP contribution in [0.2, 0.25) is 0 Å². The Morgan fingerprint density at radius 3 is 2.50 bits per heavy atom. The molecule has 162 valence electrons. The van der Waals surface area contributed by atoms with Crippen molar-refractivity contribution in [1.82, 2.24) is 15.2 Å². The molecule has 2 N–H and O–H groups in total. The van der Waals surface area contributed by atoms with Crippen LogP contribution in [0.5, 0.6) is 0 Å². The third-order valence-electron chi connectivity index (χ3n) is 4.88. The minimum absolute atomic E-state index is 0.147. The monoisotopic (exact) mass is 426 g/mol. The Morgan fingerprint density at radius 1 is 1.13 bits per heavy atom. The molecule has 0 spiro atoms. The maximum Gasteiger partial charge on any atom is 0.315 e. The predicted molar refractivity (Wildman–Crippen MR) is 126 cm³/mol. The first-order valence-electron chi connectivity index (χ1n) is 10.5. The van der Waals surface area contributed by atoms with Crippen molar-refractivity contribution >= 4 is 23.5 Å². The van der Waals surface area contributed by atoms with Gasteiger partial charge in [0.1, 0.15) is 5.49 Å². The molecule has 0 aliphatic carbocycles. The summed E-state index contributed by atoms with van der Waals surface area (Å²) in [6, 6.07) is 12.2. The van der Waals surface area contributed by atoms with Crippen LogP contribution in [0, 0.1) is 5.92 Å². The lowest BCUT2D eigenvalue weighted by molar-refractivity contribution is 0.241. The number of allylic oxidation sites excluding steroid dienone is 2. The minimum atomic E-state index is -0.147. The normalized spacial score (nSPS) is 12.7. The molecule has 0 saturated heterocycles. The number of nitrogens with one attached hydrogen (secondary N) is 2. The van der Waals surface area contributed by atoms with Crippen molar-refractivity contribution in [2.45, 2.75) is 57.4 Å². The second-order valence-electron chi connectivity index (χ2n) is 7.41. The molecule has 0 bridgehead atoms. The third kappa shape index (κ3) is 6.26. The van der Waals surface area contributed by atoms with Gasteiger partial charge in [-0.25, -0.2) is 4.79 Å². The molecule has 0 fully saturated rings. The molecule has 0 radical (unpaired) electrons. The van der Waals surface area contributed by atoms with Gasteiger partial charge in [-0.05, 0) is 49.9 Å². The van der Waals surface area contributed by atoms with E-state index in [1.54, 1.807) is 11.8 Å². The van der Waals surface area contributed by atoms with E-state index >= 15 is 0 Å². The number of hydrogen-bond donors (Lipinski definition) is 2. The SMILES string of the molecule is CCNC(=O)NCc1ccccc1Sc1ccc(=NC)n(/C(=C(/C)CC)C(C)C)c1. The van der Waals surface area contributed by atoms with Crippen LogP contribution in [0.25, 0.3) is 5.70 Å². The fourth-order valence-corrected chi connectivity index (χ4v) is 4.31. The number of rotatable bonds is 8. The fraction of sp³-hybridized carbons (Fsp3) is 0.417.